The molecule has 4 heteroatoms. The number of benzene rings is 4. The van der Waals surface area contributed by atoms with Crippen LogP contribution in [0.4, 0.5) is 5.69 Å². The first-order valence-electron chi connectivity index (χ1n) is 14.5. The van der Waals surface area contributed by atoms with Crippen molar-refractivity contribution in [2.45, 2.75) is 65.0 Å². The summed E-state index contributed by atoms with van der Waals surface area (Å²) in [6, 6.07) is 29.5. The summed E-state index contributed by atoms with van der Waals surface area (Å²) in [6.45, 7) is 7.13. The number of aryl methyl sites for hydroxylation is 5. The smallest absolute Gasteiger partial charge is 0.237 e. The predicted octanol–water partition coefficient (Wildman–Crippen LogP) is 6.53. The Bertz CT molecular complexity index is 1440. The minimum absolute atomic E-state index is 0.0683. The maximum Gasteiger partial charge on any atom is 0.237 e. The normalized spacial score (nSPS) is 15.2. The second kappa shape index (κ2) is 12.5. The highest BCUT2D eigenvalue weighted by Crippen LogP contribution is 2.35. The number of carbonyl (C=O) groups is 1. The van der Waals surface area contributed by atoms with Gasteiger partial charge in [-0.05, 0) is 97.4 Å². The number of hydrogen-bond acceptors (Lipinski definition) is 3. The van der Waals surface area contributed by atoms with Gasteiger partial charge in [-0.15, -0.1) is 0 Å². The Morgan fingerprint density at radius 1 is 0.875 bits per heavy atom. The maximum atomic E-state index is 13.4. The van der Waals surface area contributed by atoms with Gasteiger partial charge in [-0.2, -0.15) is 0 Å². The fraction of sp³-hybridized carbons (Fsp3) is 0.306. The van der Waals surface area contributed by atoms with Crippen molar-refractivity contribution in [1.82, 2.24) is 5.32 Å². The van der Waals surface area contributed by atoms with E-state index in [9.17, 15) is 4.79 Å². The van der Waals surface area contributed by atoms with E-state index in [1.807, 2.05) is 0 Å². The predicted molar refractivity (Wildman–Crippen MR) is 166 cm³/mol. The topological polar surface area (TPSA) is 67.2 Å². The van der Waals surface area contributed by atoms with Crippen molar-refractivity contribution in [2.24, 2.45) is 5.73 Å². The zero-order chi connectivity index (χ0) is 28.1. The van der Waals surface area contributed by atoms with Crippen LogP contribution in [-0.2, 0) is 30.5 Å². The van der Waals surface area contributed by atoms with Gasteiger partial charge in [0.25, 0.3) is 0 Å². The third kappa shape index (κ3) is 6.63. The van der Waals surface area contributed by atoms with E-state index in [2.05, 4.69) is 116 Å². The summed E-state index contributed by atoms with van der Waals surface area (Å²) in [5.41, 5.74) is 18.8. The van der Waals surface area contributed by atoms with E-state index in [0.717, 1.165) is 32.2 Å². The molecule has 206 valence electrons. The average molecular weight is 532 g/mol. The molecule has 1 aliphatic heterocycles. The van der Waals surface area contributed by atoms with E-state index in [1.54, 1.807) is 0 Å². The molecule has 2 atom stereocenters. The summed E-state index contributed by atoms with van der Waals surface area (Å²) < 4.78 is 0. The molecule has 1 amide bonds. The first-order chi connectivity index (χ1) is 19.4. The van der Waals surface area contributed by atoms with Gasteiger partial charge in [0.05, 0.1) is 12.1 Å². The number of amides is 1. The molecule has 4 aromatic carbocycles. The number of rotatable bonds is 9. The van der Waals surface area contributed by atoms with Gasteiger partial charge < -0.3 is 16.4 Å². The molecular weight excluding hydrogens is 490 g/mol. The fourth-order valence-corrected chi connectivity index (χ4v) is 6.11. The van der Waals surface area contributed by atoms with Crippen LogP contribution in [0.15, 0.2) is 84.9 Å². The Morgan fingerprint density at radius 3 is 2.20 bits per heavy atom. The lowest BCUT2D eigenvalue weighted by atomic mass is 9.88. The fourth-order valence-electron chi connectivity index (χ4n) is 6.11. The molecule has 1 aliphatic rings. The Labute approximate surface area is 239 Å². The van der Waals surface area contributed by atoms with Crippen molar-refractivity contribution in [3.05, 3.63) is 135 Å². The third-order valence-corrected chi connectivity index (χ3v) is 8.12. The van der Waals surface area contributed by atoms with Crippen LogP contribution in [0, 0.1) is 20.8 Å². The molecule has 5 rings (SSSR count). The first kappa shape index (κ1) is 27.7. The molecule has 0 aliphatic carbocycles. The summed E-state index contributed by atoms with van der Waals surface area (Å²) in [7, 11) is 0. The van der Waals surface area contributed by atoms with Crippen molar-refractivity contribution in [2.75, 3.05) is 11.9 Å². The lowest BCUT2D eigenvalue weighted by Gasteiger charge is -2.31. The molecule has 40 heavy (non-hydrogen) atoms. The lowest BCUT2D eigenvalue weighted by molar-refractivity contribution is -0.123. The number of anilines is 1. The van der Waals surface area contributed by atoms with Gasteiger partial charge in [0.1, 0.15) is 0 Å². The van der Waals surface area contributed by atoms with E-state index in [0.29, 0.717) is 6.42 Å². The van der Waals surface area contributed by atoms with Gasteiger partial charge in [-0.25, -0.2) is 0 Å². The summed E-state index contributed by atoms with van der Waals surface area (Å²) in [5, 5.41) is 7.00. The molecule has 4 nitrogen and oxygen atoms in total. The second-order valence-electron chi connectivity index (χ2n) is 11.3. The van der Waals surface area contributed by atoms with Gasteiger partial charge in [0, 0.05) is 12.2 Å². The van der Waals surface area contributed by atoms with Crippen LogP contribution in [-0.4, -0.2) is 18.5 Å². The highest BCUT2D eigenvalue weighted by molar-refractivity contribution is 5.83. The summed E-state index contributed by atoms with van der Waals surface area (Å²) in [5.74, 6) is -0.0866. The number of carbonyl (C=O) groups excluding carboxylic acids is 1. The van der Waals surface area contributed by atoms with Crippen molar-refractivity contribution >= 4 is 11.6 Å². The van der Waals surface area contributed by atoms with Gasteiger partial charge >= 0.3 is 0 Å². The van der Waals surface area contributed by atoms with E-state index in [1.165, 1.54) is 55.8 Å². The van der Waals surface area contributed by atoms with Crippen molar-refractivity contribution < 1.29 is 4.79 Å². The van der Waals surface area contributed by atoms with Crippen molar-refractivity contribution in [3.63, 3.8) is 0 Å². The average Bonchev–Trinajstić information content (AvgIpc) is 2.95. The van der Waals surface area contributed by atoms with Crippen LogP contribution in [0.5, 0.6) is 0 Å². The van der Waals surface area contributed by atoms with Crippen LogP contribution in [0.3, 0.4) is 0 Å². The molecule has 0 radical (unpaired) electrons. The second-order valence-corrected chi connectivity index (χ2v) is 11.3. The Kier molecular flexibility index (Phi) is 8.66. The Balaban J connectivity index is 1.39. The van der Waals surface area contributed by atoms with E-state index in [-0.39, 0.29) is 11.9 Å². The molecule has 4 aromatic rings. The van der Waals surface area contributed by atoms with Gasteiger partial charge in [0.2, 0.25) is 5.91 Å². The van der Waals surface area contributed by atoms with E-state index >= 15 is 0 Å². The molecule has 1 heterocycles. The summed E-state index contributed by atoms with van der Waals surface area (Å²) in [4.78, 5) is 13.4. The van der Waals surface area contributed by atoms with Crippen molar-refractivity contribution in [3.8, 4) is 0 Å². The molecule has 0 saturated carbocycles. The molecule has 0 bridgehead atoms. The van der Waals surface area contributed by atoms with Crippen LogP contribution in [0.2, 0.25) is 0 Å². The molecule has 4 N–H and O–H groups in total. The highest BCUT2D eigenvalue weighted by Gasteiger charge is 2.27. The zero-order valence-electron chi connectivity index (χ0n) is 24.0. The first-order valence-corrected chi connectivity index (χ1v) is 14.5. The Morgan fingerprint density at radius 2 is 1.52 bits per heavy atom. The number of nitrogens with two attached hydrogens (primary N) is 1. The van der Waals surface area contributed by atoms with Crippen LogP contribution < -0.4 is 16.4 Å². The molecule has 0 aromatic heterocycles. The number of fused-ring (bicyclic) bond motifs is 1. The highest BCUT2D eigenvalue weighted by atomic mass is 16.2. The van der Waals surface area contributed by atoms with Crippen LogP contribution in [0.25, 0.3) is 0 Å². The SMILES string of the molecule is Cc1cc(C)c(CC(N)C(=O)NC2CCNc3c(CCc4ccccc4)cc(Cc4ccccc4)cc32)c(C)c1. The monoisotopic (exact) mass is 531 g/mol. The third-order valence-electron chi connectivity index (χ3n) is 8.12. The summed E-state index contributed by atoms with van der Waals surface area (Å²) in [6.07, 6.45) is 4.15. The van der Waals surface area contributed by atoms with Gasteiger partial charge in [0.15, 0.2) is 0 Å². The van der Waals surface area contributed by atoms with Crippen LogP contribution >= 0.6 is 0 Å². The maximum absolute atomic E-state index is 13.4. The standard InChI is InChI=1S/C36H41N3O/c1-24-18-25(2)31(26(3)19-24)23-33(37)36(40)39-34-16-17-38-35-30(15-14-27-10-6-4-7-11-27)21-29(22-32(34)35)20-28-12-8-5-9-13-28/h4-13,18-19,21-22,33-34,38H,14-17,20,23,37H2,1-3H3,(H,39,40). The minimum atomic E-state index is -0.594. The quantitative estimate of drug-likeness (QED) is 0.230. The Hall–Kier alpha value is -3.89. The number of nitrogens with one attached hydrogen (secondary N) is 2. The van der Waals surface area contributed by atoms with Crippen LogP contribution in [0.1, 0.15) is 62.5 Å². The molecular formula is C36H41N3O. The molecule has 0 saturated heterocycles. The van der Waals surface area contributed by atoms with E-state index in [4.69, 9.17) is 5.73 Å². The minimum Gasteiger partial charge on any atom is -0.384 e. The van der Waals surface area contributed by atoms with E-state index < -0.39 is 6.04 Å². The number of hydrogen-bond donors (Lipinski definition) is 3. The molecule has 2 unspecified atom stereocenters. The van der Waals surface area contributed by atoms with Gasteiger partial charge in [-0.1, -0.05) is 90.5 Å². The molecule has 0 fully saturated rings. The summed E-state index contributed by atoms with van der Waals surface area (Å²) >= 11 is 0. The molecule has 0 spiro atoms. The van der Waals surface area contributed by atoms with Gasteiger partial charge in [-0.3, -0.25) is 4.79 Å². The lowest BCUT2D eigenvalue weighted by Crippen LogP contribution is -2.45. The largest absolute Gasteiger partial charge is 0.384 e. The zero-order valence-corrected chi connectivity index (χ0v) is 24.0. The van der Waals surface area contributed by atoms with Crippen molar-refractivity contribution in [1.29, 1.82) is 0 Å².